The number of nitrogen functional groups attached to an aromatic ring is 1. The van der Waals surface area contributed by atoms with E-state index in [0.29, 0.717) is 5.69 Å². The summed E-state index contributed by atoms with van der Waals surface area (Å²) in [7, 11) is 0. The zero-order valence-electron chi connectivity index (χ0n) is 7.95. The molecule has 2 atom stereocenters. The van der Waals surface area contributed by atoms with Crippen LogP contribution in [0.1, 0.15) is 18.2 Å². The number of hydrogen-bond acceptors (Lipinski definition) is 2. The van der Waals surface area contributed by atoms with Crippen LogP contribution in [0.4, 0.5) is 10.1 Å². The van der Waals surface area contributed by atoms with E-state index in [-0.39, 0.29) is 5.92 Å². The van der Waals surface area contributed by atoms with Crippen LogP contribution >= 0.6 is 11.8 Å². The highest BCUT2D eigenvalue weighted by Gasteiger charge is 2.26. The van der Waals surface area contributed by atoms with Crippen molar-refractivity contribution < 1.29 is 4.39 Å². The SMILES string of the molecule is Nc1ccc(C(F)C2CCSC2)cc1. The molecule has 1 aliphatic rings. The number of thioether (sulfide) groups is 1. The second kappa shape index (κ2) is 4.22. The summed E-state index contributed by atoms with van der Waals surface area (Å²) in [5, 5.41) is 0. The summed E-state index contributed by atoms with van der Waals surface area (Å²) in [6, 6.07) is 7.12. The molecular formula is C11H14FNS. The monoisotopic (exact) mass is 211 g/mol. The Labute approximate surface area is 87.9 Å². The summed E-state index contributed by atoms with van der Waals surface area (Å²) in [6.45, 7) is 0. The molecule has 0 saturated carbocycles. The first-order valence-electron chi connectivity index (χ1n) is 4.84. The molecule has 76 valence electrons. The van der Waals surface area contributed by atoms with Crippen molar-refractivity contribution in [2.45, 2.75) is 12.6 Å². The molecule has 0 spiro atoms. The van der Waals surface area contributed by atoms with Gasteiger partial charge in [0.05, 0.1) is 0 Å². The van der Waals surface area contributed by atoms with E-state index in [9.17, 15) is 4.39 Å². The van der Waals surface area contributed by atoms with Crippen molar-refractivity contribution in [3.63, 3.8) is 0 Å². The molecule has 0 amide bonds. The first-order chi connectivity index (χ1) is 6.77. The maximum absolute atomic E-state index is 13.9. The average Bonchev–Trinajstić information content (AvgIpc) is 2.71. The zero-order valence-corrected chi connectivity index (χ0v) is 8.77. The molecule has 1 aromatic rings. The Balaban J connectivity index is 2.09. The smallest absolute Gasteiger partial charge is 0.129 e. The molecule has 1 heterocycles. The van der Waals surface area contributed by atoms with Crippen LogP contribution in [0, 0.1) is 5.92 Å². The van der Waals surface area contributed by atoms with Crippen LogP contribution in [-0.2, 0) is 0 Å². The minimum Gasteiger partial charge on any atom is -0.399 e. The van der Waals surface area contributed by atoms with Crippen LogP contribution in [0.25, 0.3) is 0 Å². The lowest BCUT2D eigenvalue weighted by Gasteiger charge is -2.14. The second-order valence-electron chi connectivity index (χ2n) is 3.69. The van der Waals surface area contributed by atoms with Gasteiger partial charge in [-0.1, -0.05) is 12.1 Å². The van der Waals surface area contributed by atoms with Crippen molar-refractivity contribution >= 4 is 17.4 Å². The molecule has 0 radical (unpaired) electrons. The number of alkyl halides is 1. The zero-order chi connectivity index (χ0) is 9.97. The minimum absolute atomic E-state index is 0.198. The molecular weight excluding hydrogens is 197 g/mol. The highest BCUT2D eigenvalue weighted by atomic mass is 32.2. The third kappa shape index (κ3) is 2.03. The van der Waals surface area contributed by atoms with E-state index in [1.807, 2.05) is 11.8 Å². The molecule has 2 N–H and O–H groups in total. The van der Waals surface area contributed by atoms with Gasteiger partial charge < -0.3 is 5.73 Å². The van der Waals surface area contributed by atoms with Crippen LogP contribution in [0.2, 0.25) is 0 Å². The maximum atomic E-state index is 13.9. The number of benzene rings is 1. The molecule has 0 bridgehead atoms. The number of rotatable bonds is 2. The van der Waals surface area contributed by atoms with Gasteiger partial charge in [-0.3, -0.25) is 0 Å². The van der Waals surface area contributed by atoms with Crippen molar-refractivity contribution in [1.82, 2.24) is 0 Å². The lowest BCUT2D eigenvalue weighted by Crippen LogP contribution is -2.07. The lowest BCUT2D eigenvalue weighted by molar-refractivity contribution is 0.251. The summed E-state index contributed by atoms with van der Waals surface area (Å²) in [4.78, 5) is 0. The van der Waals surface area contributed by atoms with Gasteiger partial charge in [-0.15, -0.1) is 0 Å². The van der Waals surface area contributed by atoms with E-state index in [4.69, 9.17) is 5.73 Å². The quantitative estimate of drug-likeness (QED) is 0.761. The topological polar surface area (TPSA) is 26.0 Å². The van der Waals surface area contributed by atoms with E-state index in [0.717, 1.165) is 23.5 Å². The van der Waals surface area contributed by atoms with Crippen LogP contribution < -0.4 is 5.73 Å². The summed E-state index contributed by atoms with van der Waals surface area (Å²) >= 11 is 1.84. The van der Waals surface area contributed by atoms with Crippen molar-refractivity contribution in [3.05, 3.63) is 29.8 Å². The van der Waals surface area contributed by atoms with E-state index in [2.05, 4.69) is 0 Å². The molecule has 0 aromatic heterocycles. The predicted octanol–water partition coefficient (Wildman–Crippen LogP) is 3.03. The van der Waals surface area contributed by atoms with E-state index in [1.165, 1.54) is 0 Å². The van der Waals surface area contributed by atoms with Crippen LogP contribution in [0.5, 0.6) is 0 Å². The van der Waals surface area contributed by atoms with E-state index >= 15 is 0 Å². The standard InChI is InChI=1S/C11H14FNS/c12-11(9-5-6-14-7-9)8-1-3-10(13)4-2-8/h1-4,9,11H,5-7,13H2. The fourth-order valence-electron chi connectivity index (χ4n) is 1.74. The van der Waals surface area contributed by atoms with Crippen LogP contribution in [0.15, 0.2) is 24.3 Å². The Bertz CT molecular complexity index is 293. The third-order valence-corrected chi connectivity index (χ3v) is 3.82. The fourth-order valence-corrected chi connectivity index (χ4v) is 3.01. The molecule has 3 heteroatoms. The largest absolute Gasteiger partial charge is 0.399 e. The van der Waals surface area contributed by atoms with Crippen LogP contribution in [0.3, 0.4) is 0 Å². The molecule has 14 heavy (non-hydrogen) atoms. The van der Waals surface area contributed by atoms with Gasteiger partial charge in [0, 0.05) is 11.6 Å². The molecule has 1 saturated heterocycles. The van der Waals surface area contributed by atoms with Gasteiger partial charge >= 0.3 is 0 Å². The molecule has 1 aromatic carbocycles. The third-order valence-electron chi connectivity index (χ3n) is 2.63. The highest BCUT2D eigenvalue weighted by Crippen LogP contribution is 2.36. The molecule has 2 rings (SSSR count). The first-order valence-corrected chi connectivity index (χ1v) is 6.00. The Morgan fingerprint density at radius 1 is 1.36 bits per heavy atom. The molecule has 1 nitrogen and oxygen atoms in total. The average molecular weight is 211 g/mol. The van der Waals surface area contributed by atoms with Crippen molar-refractivity contribution in [2.24, 2.45) is 5.92 Å². The molecule has 1 fully saturated rings. The van der Waals surface area contributed by atoms with Gasteiger partial charge in [-0.25, -0.2) is 4.39 Å². The van der Waals surface area contributed by atoms with Gasteiger partial charge in [0.2, 0.25) is 0 Å². The van der Waals surface area contributed by atoms with Gasteiger partial charge in [0.1, 0.15) is 6.17 Å². The van der Waals surface area contributed by atoms with E-state index in [1.54, 1.807) is 24.3 Å². The lowest BCUT2D eigenvalue weighted by atomic mass is 9.96. The van der Waals surface area contributed by atoms with Crippen molar-refractivity contribution in [1.29, 1.82) is 0 Å². The van der Waals surface area contributed by atoms with E-state index < -0.39 is 6.17 Å². The number of anilines is 1. The van der Waals surface area contributed by atoms with Crippen molar-refractivity contribution in [2.75, 3.05) is 17.2 Å². The Morgan fingerprint density at radius 3 is 2.64 bits per heavy atom. The minimum atomic E-state index is -0.814. The Morgan fingerprint density at radius 2 is 2.07 bits per heavy atom. The van der Waals surface area contributed by atoms with Gasteiger partial charge in [-0.2, -0.15) is 11.8 Å². The Kier molecular flexibility index (Phi) is 2.96. The summed E-state index contributed by atoms with van der Waals surface area (Å²) in [5.74, 6) is 2.25. The van der Waals surface area contributed by atoms with Crippen molar-refractivity contribution in [3.8, 4) is 0 Å². The highest BCUT2D eigenvalue weighted by molar-refractivity contribution is 7.99. The number of hydrogen-bond donors (Lipinski definition) is 1. The fraction of sp³-hybridized carbons (Fsp3) is 0.455. The predicted molar refractivity (Wildman–Crippen MR) is 60.1 cm³/mol. The number of halogens is 1. The summed E-state index contributed by atoms with van der Waals surface area (Å²) < 4.78 is 13.9. The number of nitrogens with two attached hydrogens (primary N) is 1. The molecule has 1 aliphatic heterocycles. The summed E-state index contributed by atoms with van der Waals surface area (Å²) in [5.41, 5.74) is 7.02. The van der Waals surface area contributed by atoms with Gasteiger partial charge in [0.25, 0.3) is 0 Å². The molecule has 2 unspecified atom stereocenters. The normalized spacial score (nSPS) is 23.6. The van der Waals surface area contributed by atoms with Gasteiger partial charge in [-0.05, 0) is 35.6 Å². The van der Waals surface area contributed by atoms with Gasteiger partial charge in [0.15, 0.2) is 0 Å². The summed E-state index contributed by atoms with van der Waals surface area (Å²) in [6.07, 6.45) is 0.182. The molecule has 0 aliphatic carbocycles. The van der Waals surface area contributed by atoms with Crippen LogP contribution in [-0.4, -0.2) is 11.5 Å². The maximum Gasteiger partial charge on any atom is 0.129 e. The second-order valence-corrected chi connectivity index (χ2v) is 4.84. The first kappa shape index (κ1) is 9.84. The Hall–Kier alpha value is -0.700.